The number of aromatic nitrogens is 3. The number of hydrogen-bond donors (Lipinski definition) is 4. The van der Waals surface area contributed by atoms with Crippen molar-refractivity contribution in [1.29, 1.82) is 5.26 Å². The third-order valence-corrected chi connectivity index (χ3v) is 6.03. The van der Waals surface area contributed by atoms with Gasteiger partial charge in [0.1, 0.15) is 28.4 Å². The summed E-state index contributed by atoms with van der Waals surface area (Å²) in [4.78, 5) is 16.2. The van der Waals surface area contributed by atoms with Crippen LogP contribution in [-0.2, 0) is 6.42 Å². The minimum Gasteiger partial charge on any atom is -0.506 e. The second-order valence-electron chi connectivity index (χ2n) is 8.54. The molecule has 0 aliphatic carbocycles. The van der Waals surface area contributed by atoms with Crippen LogP contribution in [0.4, 0.5) is 33.2 Å². The zero-order valence-electron chi connectivity index (χ0n) is 19.2. The number of benzene rings is 2. The molecule has 0 spiro atoms. The van der Waals surface area contributed by atoms with E-state index in [9.17, 15) is 9.50 Å². The van der Waals surface area contributed by atoms with E-state index in [0.717, 1.165) is 31.7 Å². The molecule has 4 N–H and O–H groups in total. The number of H-pyrrole nitrogens is 1. The van der Waals surface area contributed by atoms with Gasteiger partial charge in [-0.25, -0.2) is 4.39 Å². The number of nitrogens with one attached hydrogen (secondary N) is 3. The number of aromatic amines is 1. The summed E-state index contributed by atoms with van der Waals surface area (Å²) in [5, 5.41) is 26.0. The summed E-state index contributed by atoms with van der Waals surface area (Å²) < 4.78 is 14.9. The molecule has 1 fully saturated rings. The molecule has 0 amide bonds. The Hall–Kier alpha value is -4.36. The number of piperazine rings is 1. The second kappa shape index (κ2) is 9.48. The SMILES string of the molecule is CN1CCN(c2ccc(Nc3nc(Nc4cccc(CC#N)c4)c4c(O)c[nH]c4n3)cc2F)CC1. The maximum absolute atomic E-state index is 14.9. The lowest BCUT2D eigenvalue weighted by Crippen LogP contribution is -2.44. The maximum Gasteiger partial charge on any atom is 0.231 e. The molecule has 0 saturated carbocycles. The zero-order valence-corrected chi connectivity index (χ0v) is 19.2. The molecule has 1 saturated heterocycles. The van der Waals surface area contributed by atoms with E-state index < -0.39 is 0 Å². The Bertz CT molecular complexity index is 1400. The van der Waals surface area contributed by atoms with Crippen LogP contribution in [0.3, 0.4) is 0 Å². The molecule has 0 radical (unpaired) electrons. The van der Waals surface area contributed by atoms with Crippen LogP contribution in [0, 0.1) is 17.1 Å². The summed E-state index contributed by atoms with van der Waals surface area (Å²) in [5.74, 6) is 0.303. The molecular formula is C25H25FN8O. The van der Waals surface area contributed by atoms with Gasteiger partial charge in [-0.1, -0.05) is 12.1 Å². The van der Waals surface area contributed by atoms with Crippen molar-refractivity contribution >= 4 is 39.9 Å². The van der Waals surface area contributed by atoms with Crippen LogP contribution < -0.4 is 15.5 Å². The highest BCUT2D eigenvalue weighted by molar-refractivity contribution is 5.95. The van der Waals surface area contributed by atoms with Gasteiger partial charge >= 0.3 is 0 Å². The molecule has 3 heterocycles. The normalized spacial score (nSPS) is 14.1. The summed E-state index contributed by atoms with van der Waals surface area (Å²) in [5.41, 5.74) is 3.08. The van der Waals surface area contributed by atoms with E-state index in [1.165, 1.54) is 12.3 Å². The largest absolute Gasteiger partial charge is 0.506 e. The molecule has 1 aliphatic rings. The summed E-state index contributed by atoms with van der Waals surface area (Å²) in [7, 11) is 2.06. The number of nitriles is 1. The number of likely N-dealkylation sites (N-methyl/N-ethyl adjacent to an activating group) is 1. The Morgan fingerprint density at radius 2 is 1.89 bits per heavy atom. The molecule has 0 bridgehead atoms. The number of halogens is 1. The molecule has 2 aromatic heterocycles. The van der Waals surface area contributed by atoms with Gasteiger partial charge in [0.05, 0.1) is 18.2 Å². The van der Waals surface area contributed by atoms with Crippen LogP contribution >= 0.6 is 0 Å². The highest BCUT2D eigenvalue weighted by Crippen LogP contribution is 2.33. The highest BCUT2D eigenvalue weighted by Gasteiger charge is 2.18. The first-order chi connectivity index (χ1) is 17.0. The van der Waals surface area contributed by atoms with Gasteiger partial charge < -0.3 is 30.5 Å². The molecule has 5 rings (SSSR count). The third kappa shape index (κ3) is 4.81. The van der Waals surface area contributed by atoms with Gasteiger partial charge in [-0.15, -0.1) is 0 Å². The number of nitrogens with zero attached hydrogens (tertiary/aromatic N) is 5. The van der Waals surface area contributed by atoms with Gasteiger partial charge in [-0.2, -0.15) is 15.2 Å². The van der Waals surface area contributed by atoms with Crippen molar-refractivity contribution in [2.24, 2.45) is 0 Å². The summed E-state index contributed by atoms with van der Waals surface area (Å²) >= 11 is 0. The van der Waals surface area contributed by atoms with E-state index in [1.54, 1.807) is 12.1 Å². The minimum atomic E-state index is -0.314. The number of rotatable bonds is 6. The Labute approximate surface area is 201 Å². The maximum atomic E-state index is 14.9. The number of fused-ring (bicyclic) bond motifs is 1. The van der Waals surface area contributed by atoms with Gasteiger partial charge in [-0.05, 0) is 42.9 Å². The van der Waals surface area contributed by atoms with Crippen LogP contribution in [0.25, 0.3) is 11.0 Å². The summed E-state index contributed by atoms with van der Waals surface area (Å²) in [6.07, 6.45) is 1.72. The van der Waals surface area contributed by atoms with Crippen LogP contribution in [0.15, 0.2) is 48.7 Å². The van der Waals surface area contributed by atoms with Crippen molar-refractivity contribution in [2.75, 3.05) is 48.8 Å². The third-order valence-electron chi connectivity index (χ3n) is 6.03. The second-order valence-corrected chi connectivity index (χ2v) is 8.54. The molecule has 2 aromatic carbocycles. The van der Waals surface area contributed by atoms with Crippen LogP contribution in [0.5, 0.6) is 5.75 Å². The molecule has 4 aromatic rings. The van der Waals surface area contributed by atoms with Crippen molar-refractivity contribution in [3.8, 4) is 11.8 Å². The number of hydrogen-bond acceptors (Lipinski definition) is 8. The van der Waals surface area contributed by atoms with Crippen LogP contribution in [0.2, 0.25) is 0 Å². The fourth-order valence-electron chi connectivity index (χ4n) is 4.17. The van der Waals surface area contributed by atoms with E-state index >= 15 is 0 Å². The molecular weight excluding hydrogens is 447 g/mol. The van der Waals surface area contributed by atoms with E-state index in [1.807, 2.05) is 29.2 Å². The molecule has 1 aliphatic heterocycles. The zero-order chi connectivity index (χ0) is 24.4. The molecule has 9 nitrogen and oxygen atoms in total. The number of aromatic hydroxyl groups is 1. The van der Waals surface area contributed by atoms with E-state index in [4.69, 9.17) is 5.26 Å². The van der Waals surface area contributed by atoms with Crippen molar-refractivity contribution in [1.82, 2.24) is 19.9 Å². The predicted octanol–water partition coefficient (Wildman–Crippen LogP) is 4.11. The summed E-state index contributed by atoms with van der Waals surface area (Å²) in [6.45, 7) is 3.35. The van der Waals surface area contributed by atoms with Crippen LogP contribution in [-0.4, -0.2) is 58.2 Å². The van der Waals surface area contributed by atoms with Gasteiger partial charge in [-0.3, -0.25) is 0 Å². The lowest BCUT2D eigenvalue weighted by molar-refractivity contribution is 0.311. The molecule has 0 atom stereocenters. The van der Waals surface area contributed by atoms with Gasteiger partial charge in [0.2, 0.25) is 5.95 Å². The Balaban J connectivity index is 1.42. The molecule has 35 heavy (non-hydrogen) atoms. The summed E-state index contributed by atoms with van der Waals surface area (Å²) in [6, 6.07) is 14.5. The van der Waals surface area contributed by atoms with Crippen molar-refractivity contribution in [3.63, 3.8) is 0 Å². The smallest absolute Gasteiger partial charge is 0.231 e. The minimum absolute atomic E-state index is 0.00445. The van der Waals surface area contributed by atoms with Gasteiger partial charge in [0.15, 0.2) is 0 Å². The molecule has 0 unspecified atom stereocenters. The first kappa shape index (κ1) is 22.4. The van der Waals surface area contributed by atoms with E-state index in [2.05, 4.69) is 43.6 Å². The van der Waals surface area contributed by atoms with E-state index in [0.29, 0.717) is 33.9 Å². The standard InChI is InChI=1S/C25H25FN8O/c1-33-9-11-34(12-10-33)20-6-5-18(14-19(20)26)30-25-31-23-22(21(35)15-28-23)24(32-25)29-17-4-2-3-16(13-17)7-8-27/h2-6,13-15,35H,7,9-12H2,1H3,(H3,28,29,30,31,32). The van der Waals surface area contributed by atoms with Crippen LogP contribution in [0.1, 0.15) is 5.56 Å². The predicted molar refractivity (Wildman–Crippen MR) is 134 cm³/mol. The first-order valence-electron chi connectivity index (χ1n) is 11.3. The topological polar surface area (TPSA) is 116 Å². The average molecular weight is 473 g/mol. The first-order valence-corrected chi connectivity index (χ1v) is 11.3. The Kier molecular flexibility index (Phi) is 6.08. The lowest BCUT2D eigenvalue weighted by atomic mass is 10.1. The van der Waals surface area contributed by atoms with Crippen molar-refractivity contribution in [2.45, 2.75) is 6.42 Å². The van der Waals surface area contributed by atoms with E-state index in [-0.39, 0.29) is 23.9 Å². The quantitative estimate of drug-likeness (QED) is 0.331. The molecule has 10 heteroatoms. The number of anilines is 5. The Morgan fingerprint density at radius 3 is 2.66 bits per heavy atom. The van der Waals surface area contributed by atoms with Gasteiger partial charge in [0, 0.05) is 43.8 Å². The van der Waals surface area contributed by atoms with Gasteiger partial charge in [0.25, 0.3) is 0 Å². The van der Waals surface area contributed by atoms with Crippen molar-refractivity contribution < 1.29 is 9.50 Å². The van der Waals surface area contributed by atoms with Crippen molar-refractivity contribution in [3.05, 3.63) is 60.0 Å². The average Bonchev–Trinajstić information content (AvgIpc) is 3.21. The highest BCUT2D eigenvalue weighted by atomic mass is 19.1. The monoisotopic (exact) mass is 472 g/mol. The fourth-order valence-corrected chi connectivity index (χ4v) is 4.17. The fraction of sp³-hybridized carbons (Fsp3) is 0.240. The lowest BCUT2D eigenvalue weighted by Gasteiger charge is -2.34. The molecule has 178 valence electrons. The Morgan fingerprint density at radius 1 is 1.09 bits per heavy atom.